The van der Waals surface area contributed by atoms with Crippen molar-refractivity contribution in [3.63, 3.8) is 0 Å². The molecular formula is C16H12ClN2O5S2-. The molecule has 1 aromatic heterocycles. The average molecular weight is 412 g/mol. The number of sulfonamides is 1. The van der Waals surface area contributed by atoms with Gasteiger partial charge in [0.2, 0.25) is 0 Å². The second-order valence-corrected chi connectivity index (χ2v) is 8.21. The average Bonchev–Trinajstić information content (AvgIpc) is 2.95. The van der Waals surface area contributed by atoms with Crippen LogP contribution in [0.5, 0.6) is 5.75 Å². The van der Waals surface area contributed by atoms with Crippen LogP contribution in [0.4, 0.5) is 5.13 Å². The first kappa shape index (κ1) is 18.4. The van der Waals surface area contributed by atoms with E-state index in [0.29, 0.717) is 17.9 Å². The highest BCUT2D eigenvalue weighted by Crippen LogP contribution is 2.31. The number of carboxylic acids is 1. The van der Waals surface area contributed by atoms with E-state index in [4.69, 9.17) is 16.3 Å². The van der Waals surface area contributed by atoms with E-state index in [9.17, 15) is 18.3 Å². The third-order valence-electron chi connectivity index (χ3n) is 3.35. The number of fused-ring (bicyclic) bond motifs is 1. The predicted octanol–water partition coefficient (Wildman–Crippen LogP) is 2.51. The van der Waals surface area contributed by atoms with Gasteiger partial charge in [-0.1, -0.05) is 29.0 Å². The van der Waals surface area contributed by atoms with Crippen molar-refractivity contribution in [2.24, 2.45) is 0 Å². The zero-order valence-electron chi connectivity index (χ0n) is 13.4. The number of nitrogens with zero attached hydrogens (tertiary/aromatic N) is 1. The van der Waals surface area contributed by atoms with E-state index < -0.39 is 16.0 Å². The molecule has 0 unspecified atom stereocenters. The summed E-state index contributed by atoms with van der Waals surface area (Å²) in [7, 11) is -4.12. The van der Waals surface area contributed by atoms with E-state index in [1.165, 1.54) is 12.1 Å². The van der Waals surface area contributed by atoms with Crippen molar-refractivity contribution < 1.29 is 23.1 Å². The van der Waals surface area contributed by atoms with Gasteiger partial charge in [-0.05, 0) is 42.8 Å². The summed E-state index contributed by atoms with van der Waals surface area (Å²) in [5.41, 5.74) is 0.311. The maximum atomic E-state index is 12.6. The fourth-order valence-corrected chi connectivity index (χ4v) is 4.87. The van der Waals surface area contributed by atoms with E-state index in [1.807, 2.05) is 6.92 Å². The molecule has 0 aliphatic carbocycles. The lowest BCUT2D eigenvalue weighted by atomic mass is 10.2. The van der Waals surface area contributed by atoms with E-state index >= 15 is 0 Å². The molecule has 10 heteroatoms. The van der Waals surface area contributed by atoms with Crippen molar-refractivity contribution in [3.05, 3.63) is 47.0 Å². The first-order valence-electron chi connectivity index (χ1n) is 7.37. The van der Waals surface area contributed by atoms with Crippen LogP contribution >= 0.6 is 22.9 Å². The molecule has 3 aromatic rings. The van der Waals surface area contributed by atoms with Gasteiger partial charge in [0.25, 0.3) is 10.0 Å². The number of carbonyl (C=O) groups is 1. The van der Waals surface area contributed by atoms with Gasteiger partial charge in [-0.2, -0.15) is 0 Å². The minimum Gasteiger partial charge on any atom is -0.545 e. The molecule has 7 nitrogen and oxygen atoms in total. The van der Waals surface area contributed by atoms with Crippen LogP contribution in [-0.4, -0.2) is 26.0 Å². The van der Waals surface area contributed by atoms with Crippen LogP contribution in [0.2, 0.25) is 5.02 Å². The molecule has 1 N–H and O–H groups in total. The lowest BCUT2D eigenvalue weighted by molar-refractivity contribution is -0.255. The van der Waals surface area contributed by atoms with Gasteiger partial charge in [-0.3, -0.25) is 4.72 Å². The highest BCUT2D eigenvalue weighted by molar-refractivity contribution is 7.93. The Morgan fingerprint density at radius 1 is 1.31 bits per heavy atom. The minimum absolute atomic E-state index is 0.109. The van der Waals surface area contributed by atoms with Gasteiger partial charge >= 0.3 is 0 Å². The van der Waals surface area contributed by atoms with E-state index in [1.54, 1.807) is 18.2 Å². The Balaban J connectivity index is 1.96. The standard InChI is InChI=1S/C16H13ClN2O5S2/c1-2-24-10-4-6-12-13(8-10)25-16(18-12)19-26(22,23)14-7-9(15(20)21)3-5-11(14)17/h3-8H,2H2,1H3,(H,18,19)(H,20,21)/p-1. The van der Waals surface area contributed by atoms with Gasteiger partial charge in [0, 0.05) is 0 Å². The number of rotatable bonds is 6. The summed E-state index contributed by atoms with van der Waals surface area (Å²) < 4.78 is 33.6. The number of aromatic carboxylic acids is 1. The van der Waals surface area contributed by atoms with Crippen molar-refractivity contribution in [1.29, 1.82) is 0 Å². The number of anilines is 1. The molecule has 3 rings (SSSR count). The number of hydrogen-bond donors (Lipinski definition) is 1. The molecule has 0 saturated heterocycles. The second-order valence-electron chi connectivity index (χ2n) is 5.12. The van der Waals surface area contributed by atoms with E-state index in [0.717, 1.165) is 22.1 Å². The van der Waals surface area contributed by atoms with Gasteiger partial charge in [0.15, 0.2) is 5.13 Å². The maximum Gasteiger partial charge on any atom is 0.265 e. The van der Waals surface area contributed by atoms with Gasteiger partial charge in [0.05, 0.1) is 27.8 Å². The first-order valence-corrected chi connectivity index (χ1v) is 10.0. The van der Waals surface area contributed by atoms with E-state index in [-0.39, 0.29) is 20.6 Å². The number of halogens is 1. The Labute approximate surface area is 158 Å². The number of aromatic nitrogens is 1. The highest BCUT2D eigenvalue weighted by atomic mass is 35.5. The van der Waals surface area contributed by atoms with Crippen LogP contribution in [-0.2, 0) is 10.0 Å². The lowest BCUT2D eigenvalue weighted by Crippen LogP contribution is -2.23. The third kappa shape index (κ3) is 3.74. The van der Waals surface area contributed by atoms with Crippen LogP contribution in [0.15, 0.2) is 41.3 Å². The summed E-state index contributed by atoms with van der Waals surface area (Å²) in [4.78, 5) is 14.8. The number of nitrogens with one attached hydrogen (secondary N) is 1. The molecule has 0 amide bonds. The van der Waals surface area contributed by atoms with Crippen LogP contribution in [0.25, 0.3) is 10.2 Å². The zero-order chi connectivity index (χ0) is 18.9. The van der Waals surface area contributed by atoms with Gasteiger partial charge < -0.3 is 14.6 Å². The fraction of sp³-hybridized carbons (Fsp3) is 0.125. The Bertz CT molecular complexity index is 1100. The molecule has 0 saturated carbocycles. The SMILES string of the molecule is CCOc1ccc2nc(NS(=O)(=O)c3cc(C(=O)[O-])ccc3Cl)sc2c1. The Hall–Kier alpha value is -2.36. The number of thiazole rings is 1. The van der Waals surface area contributed by atoms with Crippen LogP contribution in [0.1, 0.15) is 17.3 Å². The van der Waals surface area contributed by atoms with Gasteiger partial charge in [-0.25, -0.2) is 13.4 Å². The summed E-state index contributed by atoms with van der Waals surface area (Å²) in [6.45, 7) is 2.37. The van der Waals surface area contributed by atoms with Gasteiger partial charge in [0.1, 0.15) is 10.6 Å². The number of ether oxygens (including phenoxy) is 1. The van der Waals surface area contributed by atoms with Crippen molar-refractivity contribution >= 4 is 54.3 Å². The summed E-state index contributed by atoms with van der Waals surface area (Å²) in [6, 6.07) is 8.53. The first-order chi connectivity index (χ1) is 12.3. The highest BCUT2D eigenvalue weighted by Gasteiger charge is 2.21. The summed E-state index contributed by atoms with van der Waals surface area (Å²) in [5.74, 6) is -0.843. The summed E-state index contributed by atoms with van der Waals surface area (Å²) in [6.07, 6.45) is 0. The van der Waals surface area contributed by atoms with Crippen molar-refractivity contribution in [2.45, 2.75) is 11.8 Å². The molecule has 26 heavy (non-hydrogen) atoms. The van der Waals surface area contributed by atoms with Crippen molar-refractivity contribution in [1.82, 2.24) is 4.98 Å². The minimum atomic E-state index is -4.12. The molecule has 0 bridgehead atoms. The molecular weight excluding hydrogens is 400 g/mol. The fourth-order valence-electron chi connectivity index (χ4n) is 2.21. The molecule has 136 valence electrons. The molecule has 0 aliphatic rings. The molecule has 0 atom stereocenters. The summed E-state index contributed by atoms with van der Waals surface area (Å²) in [5, 5.41) is 11.0. The molecule has 0 radical (unpaired) electrons. The molecule has 0 aliphatic heterocycles. The van der Waals surface area contributed by atoms with Crippen molar-refractivity contribution in [2.75, 3.05) is 11.3 Å². The Morgan fingerprint density at radius 2 is 2.08 bits per heavy atom. The van der Waals surface area contributed by atoms with Crippen LogP contribution in [0, 0.1) is 0 Å². The third-order valence-corrected chi connectivity index (χ3v) is 6.23. The summed E-state index contributed by atoms with van der Waals surface area (Å²) >= 11 is 7.04. The molecule has 2 aromatic carbocycles. The molecule has 0 spiro atoms. The number of carbonyl (C=O) groups excluding carboxylic acids is 1. The topological polar surface area (TPSA) is 108 Å². The molecule has 1 heterocycles. The smallest absolute Gasteiger partial charge is 0.265 e. The number of benzene rings is 2. The maximum absolute atomic E-state index is 12.6. The predicted molar refractivity (Wildman–Crippen MR) is 97.4 cm³/mol. The Morgan fingerprint density at radius 3 is 2.77 bits per heavy atom. The van der Waals surface area contributed by atoms with Crippen molar-refractivity contribution in [3.8, 4) is 5.75 Å². The van der Waals surface area contributed by atoms with Crippen LogP contribution in [0.3, 0.4) is 0 Å². The zero-order valence-corrected chi connectivity index (χ0v) is 15.7. The number of hydrogen-bond acceptors (Lipinski definition) is 7. The quantitative estimate of drug-likeness (QED) is 0.667. The largest absolute Gasteiger partial charge is 0.545 e. The number of carboxylic acid groups (broad SMARTS) is 1. The van der Waals surface area contributed by atoms with E-state index in [2.05, 4.69) is 9.71 Å². The lowest BCUT2D eigenvalue weighted by Gasteiger charge is -2.09. The monoisotopic (exact) mass is 411 g/mol. The molecule has 0 fully saturated rings. The van der Waals surface area contributed by atoms with Gasteiger partial charge in [-0.15, -0.1) is 0 Å². The second kappa shape index (κ2) is 7.10. The van der Waals surface area contributed by atoms with Crippen LogP contribution < -0.4 is 14.6 Å². The Kier molecular flexibility index (Phi) is 5.03. The normalized spacial score (nSPS) is 11.5.